The van der Waals surface area contributed by atoms with Gasteiger partial charge in [0.25, 0.3) is 5.91 Å². The third-order valence-corrected chi connectivity index (χ3v) is 5.51. The number of amides is 2. The molecule has 2 amide bonds. The first-order valence-electron chi connectivity index (χ1n) is 7.02. The molecular weight excluding hydrogens is 288 g/mol. The molecule has 0 radical (unpaired) electrons. The van der Waals surface area contributed by atoms with E-state index in [0.29, 0.717) is 18.8 Å². The number of carbonyl (C=O) groups excluding carboxylic acids is 2. The summed E-state index contributed by atoms with van der Waals surface area (Å²) in [6.45, 7) is 2.35. The molecule has 2 aliphatic heterocycles. The summed E-state index contributed by atoms with van der Waals surface area (Å²) in [5.41, 5.74) is 3.46. The van der Waals surface area contributed by atoms with Crippen molar-refractivity contribution in [2.75, 3.05) is 5.75 Å². The van der Waals surface area contributed by atoms with Crippen LogP contribution in [0.5, 0.6) is 0 Å². The van der Waals surface area contributed by atoms with E-state index in [1.54, 1.807) is 16.7 Å². The van der Waals surface area contributed by atoms with Crippen LogP contribution in [-0.2, 0) is 21.0 Å². The minimum atomic E-state index is -0.425. The van der Waals surface area contributed by atoms with E-state index in [1.165, 1.54) is 0 Å². The van der Waals surface area contributed by atoms with Crippen molar-refractivity contribution >= 4 is 23.6 Å². The lowest BCUT2D eigenvalue weighted by Gasteiger charge is -2.29. The molecule has 6 heteroatoms. The summed E-state index contributed by atoms with van der Waals surface area (Å²) in [5, 5.41) is 0. The van der Waals surface area contributed by atoms with E-state index in [0.717, 1.165) is 12.0 Å². The van der Waals surface area contributed by atoms with E-state index in [2.05, 4.69) is 5.48 Å². The van der Waals surface area contributed by atoms with Crippen molar-refractivity contribution in [2.45, 2.75) is 37.3 Å². The van der Waals surface area contributed by atoms with Crippen LogP contribution >= 0.6 is 11.8 Å². The lowest BCUT2D eigenvalue weighted by atomic mass is 10.2. The van der Waals surface area contributed by atoms with Crippen molar-refractivity contribution in [3.8, 4) is 0 Å². The van der Waals surface area contributed by atoms with Gasteiger partial charge >= 0.3 is 0 Å². The molecular formula is C15H18N2O3S. The van der Waals surface area contributed by atoms with Gasteiger partial charge in [0.15, 0.2) is 0 Å². The Hall–Kier alpha value is -1.53. The van der Waals surface area contributed by atoms with Gasteiger partial charge in [-0.2, -0.15) is 0 Å². The second-order valence-electron chi connectivity index (χ2n) is 5.51. The number of fused-ring (bicyclic) bond motifs is 1. The van der Waals surface area contributed by atoms with Crippen LogP contribution in [0, 0.1) is 0 Å². The van der Waals surface area contributed by atoms with Crippen LogP contribution in [0.4, 0.5) is 0 Å². The van der Waals surface area contributed by atoms with Gasteiger partial charge in [0, 0.05) is 12.2 Å². The summed E-state index contributed by atoms with van der Waals surface area (Å²) in [4.78, 5) is 30.9. The number of carbonyl (C=O) groups is 2. The predicted molar refractivity (Wildman–Crippen MR) is 80.1 cm³/mol. The summed E-state index contributed by atoms with van der Waals surface area (Å²) < 4.78 is 0. The molecule has 5 nitrogen and oxygen atoms in total. The Morgan fingerprint density at radius 3 is 3.00 bits per heavy atom. The summed E-state index contributed by atoms with van der Waals surface area (Å²) in [7, 11) is 0. The van der Waals surface area contributed by atoms with Crippen molar-refractivity contribution in [1.29, 1.82) is 0 Å². The quantitative estimate of drug-likeness (QED) is 0.860. The molecule has 21 heavy (non-hydrogen) atoms. The molecule has 2 aliphatic rings. The molecule has 3 rings (SSSR count). The summed E-state index contributed by atoms with van der Waals surface area (Å²) in [5.74, 6) is 0.450. The van der Waals surface area contributed by atoms with Gasteiger partial charge in [-0.3, -0.25) is 14.4 Å². The summed E-state index contributed by atoms with van der Waals surface area (Å²) >= 11 is 1.67. The number of nitrogens with zero attached hydrogens (tertiary/aromatic N) is 1. The molecule has 1 aromatic rings. The minimum absolute atomic E-state index is 0.0608. The lowest BCUT2D eigenvalue weighted by Crippen LogP contribution is -2.50. The molecule has 0 unspecified atom stereocenters. The van der Waals surface area contributed by atoms with E-state index in [9.17, 15) is 9.59 Å². The van der Waals surface area contributed by atoms with Crippen LogP contribution in [0.1, 0.15) is 25.3 Å². The van der Waals surface area contributed by atoms with Crippen LogP contribution in [0.2, 0.25) is 0 Å². The van der Waals surface area contributed by atoms with Crippen LogP contribution in [-0.4, -0.2) is 33.4 Å². The molecule has 0 aliphatic carbocycles. The fourth-order valence-corrected chi connectivity index (χ4v) is 4.28. The van der Waals surface area contributed by atoms with Gasteiger partial charge < -0.3 is 4.90 Å². The van der Waals surface area contributed by atoms with E-state index < -0.39 is 6.04 Å². The second-order valence-corrected chi connectivity index (χ2v) is 7.01. The van der Waals surface area contributed by atoms with Gasteiger partial charge in [-0.1, -0.05) is 30.3 Å². The molecule has 0 saturated carbocycles. The third kappa shape index (κ3) is 2.78. The molecule has 2 atom stereocenters. The molecule has 2 heterocycles. The number of benzene rings is 1. The Bertz CT molecular complexity index is 551. The van der Waals surface area contributed by atoms with E-state index in [4.69, 9.17) is 4.84 Å². The molecule has 1 aromatic carbocycles. The fraction of sp³-hybridized carbons (Fsp3) is 0.467. The average Bonchev–Trinajstić information content (AvgIpc) is 2.97. The zero-order chi connectivity index (χ0) is 14.9. The average molecular weight is 306 g/mol. The van der Waals surface area contributed by atoms with E-state index >= 15 is 0 Å². The highest BCUT2D eigenvalue weighted by Gasteiger charge is 2.52. The van der Waals surface area contributed by atoms with Gasteiger partial charge in [0.2, 0.25) is 5.91 Å². The van der Waals surface area contributed by atoms with Gasteiger partial charge in [-0.25, -0.2) is 5.48 Å². The monoisotopic (exact) mass is 306 g/mol. The highest BCUT2D eigenvalue weighted by molar-refractivity contribution is 8.01. The van der Waals surface area contributed by atoms with Gasteiger partial charge in [0.1, 0.15) is 6.04 Å². The van der Waals surface area contributed by atoms with Gasteiger partial charge in [-0.15, -0.1) is 11.8 Å². The Balaban J connectivity index is 1.55. The van der Waals surface area contributed by atoms with Crippen molar-refractivity contribution in [3.05, 3.63) is 35.9 Å². The maximum absolute atomic E-state index is 12.2. The number of hydrogen-bond donors (Lipinski definition) is 1. The molecule has 1 N–H and O–H groups in total. The molecule has 2 fully saturated rings. The maximum atomic E-state index is 12.2. The fourth-order valence-electron chi connectivity index (χ4n) is 2.85. The smallest absolute Gasteiger partial charge is 0.267 e. The van der Waals surface area contributed by atoms with Crippen molar-refractivity contribution < 1.29 is 14.4 Å². The predicted octanol–water partition coefficient (Wildman–Crippen LogP) is 1.69. The van der Waals surface area contributed by atoms with Crippen molar-refractivity contribution in [3.63, 3.8) is 0 Å². The van der Waals surface area contributed by atoms with Crippen molar-refractivity contribution in [2.24, 2.45) is 0 Å². The highest BCUT2D eigenvalue weighted by atomic mass is 32.2. The zero-order valence-electron chi connectivity index (χ0n) is 11.9. The Labute approximate surface area is 128 Å². The number of nitrogens with one attached hydrogen (secondary N) is 1. The van der Waals surface area contributed by atoms with Crippen LogP contribution in [0.25, 0.3) is 0 Å². The Morgan fingerprint density at radius 1 is 1.48 bits per heavy atom. The first kappa shape index (κ1) is 14.4. The second kappa shape index (κ2) is 5.69. The first-order valence-corrected chi connectivity index (χ1v) is 8.00. The van der Waals surface area contributed by atoms with E-state index in [-0.39, 0.29) is 16.7 Å². The Morgan fingerprint density at radius 2 is 2.24 bits per heavy atom. The number of hydrogen-bond acceptors (Lipinski definition) is 4. The normalized spacial score (nSPS) is 27.8. The molecule has 2 saturated heterocycles. The maximum Gasteiger partial charge on any atom is 0.267 e. The van der Waals surface area contributed by atoms with E-state index in [1.807, 2.05) is 37.3 Å². The standard InChI is InChI=1S/C15H18N2O3S/c1-15-8-7-13(18)17(15)12(10-21-15)14(19)16-20-9-11-5-3-2-4-6-11/h2-6,12H,7-10H2,1H3,(H,16,19)/t12-,15+/m0/s1. The molecule has 0 spiro atoms. The molecule has 112 valence electrons. The number of thioether (sulfide) groups is 1. The SMILES string of the molecule is C[C@@]12CCC(=O)N1[C@H](C(=O)NOCc1ccccc1)CS2. The van der Waals surface area contributed by atoms with Crippen LogP contribution < -0.4 is 5.48 Å². The van der Waals surface area contributed by atoms with Crippen LogP contribution in [0.15, 0.2) is 30.3 Å². The third-order valence-electron chi connectivity index (χ3n) is 4.00. The minimum Gasteiger partial charge on any atom is -0.315 e. The lowest BCUT2D eigenvalue weighted by molar-refractivity contribution is -0.145. The zero-order valence-corrected chi connectivity index (χ0v) is 12.7. The topological polar surface area (TPSA) is 58.6 Å². The van der Waals surface area contributed by atoms with Crippen molar-refractivity contribution in [1.82, 2.24) is 10.4 Å². The Kier molecular flexibility index (Phi) is 3.91. The first-order chi connectivity index (χ1) is 10.1. The molecule has 0 aromatic heterocycles. The highest BCUT2D eigenvalue weighted by Crippen LogP contribution is 2.47. The number of hydroxylamine groups is 1. The van der Waals surface area contributed by atoms with Crippen LogP contribution in [0.3, 0.4) is 0 Å². The van der Waals surface area contributed by atoms with Gasteiger partial charge in [-0.05, 0) is 18.9 Å². The number of rotatable bonds is 4. The largest absolute Gasteiger partial charge is 0.315 e. The van der Waals surface area contributed by atoms with Gasteiger partial charge in [0.05, 0.1) is 11.5 Å². The summed E-state index contributed by atoms with van der Waals surface area (Å²) in [6, 6.07) is 9.20. The summed E-state index contributed by atoms with van der Waals surface area (Å²) in [6.07, 6.45) is 1.34. The molecule has 0 bridgehead atoms.